The zero-order valence-corrected chi connectivity index (χ0v) is 10.2. The molecule has 1 unspecified atom stereocenters. The lowest BCUT2D eigenvalue weighted by Crippen LogP contribution is -2.32. The molecule has 2 N–H and O–H groups in total. The second-order valence-corrected chi connectivity index (χ2v) is 7.53. The molecule has 9 nitrogen and oxygen atoms in total. The summed E-state index contributed by atoms with van der Waals surface area (Å²) in [6.07, 6.45) is 0.839. The van der Waals surface area contributed by atoms with E-state index in [0.717, 1.165) is 6.26 Å². The zero-order valence-electron chi connectivity index (χ0n) is 8.58. The summed E-state index contributed by atoms with van der Waals surface area (Å²) in [5.41, 5.74) is 0. The number of aromatic amines is 1. The predicted molar refractivity (Wildman–Crippen MR) is 54.4 cm³/mol. The molecule has 16 heavy (non-hydrogen) atoms. The van der Waals surface area contributed by atoms with Crippen molar-refractivity contribution in [2.75, 3.05) is 11.3 Å². The van der Waals surface area contributed by atoms with Gasteiger partial charge in [-0.05, 0) is 6.92 Å². The molecule has 0 amide bonds. The summed E-state index contributed by atoms with van der Waals surface area (Å²) in [4.78, 5) is 0. The number of nitrogens with zero attached hydrogens (tertiary/aromatic N) is 3. The monoisotopic (exact) mass is 269 g/mol. The molecule has 11 heteroatoms. The van der Waals surface area contributed by atoms with Gasteiger partial charge >= 0.3 is 0 Å². The zero-order chi connectivity index (χ0) is 12.4. The van der Waals surface area contributed by atoms with Crippen molar-refractivity contribution >= 4 is 19.9 Å². The summed E-state index contributed by atoms with van der Waals surface area (Å²) in [6, 6.07) is -0.745. The van der Waals surface area contributed by atoms with Gasteiger partial charge in [-0.15, -0.1) is 10.2 Å². The van der Waals surface area contributed by atoms with Crippen LogP contribution in [0.3, 0.4) is 0 Å². The van der Waals surface area contributed by atoms with Crippen LogP contribution in [0.15, 0.2) is 0 Å². The summed E-state index contributed by atoms with van der Waals surface area (Å²) >= 11 is 0. The minimum absolute atomic E-state index is 0.136. The van der Waals surface area contributed by atoms with E-state index in [1.165, 1.54) is 6.92 Å². The van der Waals surface area contributed by atoms with Crippen molar-refractivity contribution < 1.29 is 16.8 Å². The first-order valence-electron chi connectivity index (χ1n) is 4.11. The fraction of sp³-hybridized carbons (Fsp3) is 0.800. The van der Waals surface area contributed by atoms with Gasteiger partial charge in [0.15, 0.2) is 20.7 Å². The molecular weight excluding hydrogens is 258 g/mol. The normalized spacial score (nSPS) is 14.9. The van der Waals surface area contributed by atoms with E-state index >= 15 is 0 Å². The molecule has 1 aromatic heterocycles. The molecule has 0 fully saturated rings. The molecule has 0 aliphatic rings. The molecule has 1 atom stereocenters. The van der Waals surface area contributed by atoms with Gasteiger partial charge in [0.25, 0.3) is 0 Å². The quantitative estimate of drug-likeness (QED) is 0.642. The number of H-pyrrole nitrogens is 1. The first kappa shape index (κ1) is 13.0. The molecule has 0 aliphatic carbocycles. The van der Waals surface area contributed by atoms with Crippen LogP contribution in [0.2, 0.25) is 0 Å². The molecule has 0 saturated carbocycles. The summed E-state index contributed by atoms with van der Waals surface area (Å²) in [7, 11) is -7.54. The van der Waals surface area contributed by atoms with Crippen LogP contribution in [-0.2, 0) is 19.9 Å². The first-order chi connectivity index (χ1) is 7.20. The average molecular weight is 269 g/mol. The molecule has 0 saturated heterocycles. The lowest BCUT2D eigenvalue weighted by Gasteiger charge is -2.09. The number of sulfonamides is 1. The Morgan fingerprint density at radius 1 is 1.38 bits per heavy atom. The predicted octanol–water partition coefficient (Wildman–Crippen LogP) is -1.82. The van der Waals surface area contributed by atoms with E-state index in [4.69, 9.17) is 0 Å². The topological polar surface area (TPSA) is 135 Å². The molecule has 0 spiro atoms. The largest absolute Gasteiger partial charge is 0.228 e. The number of hydrogen-bond acceptors (Lipinski definition) is 7. The maximum atomic E-state index is 11.4. The standard InChI is InChI=1S/C5H11N5O4S2/c1-4(5-6-9-10-7-5)8-16(13,14)3-15(2,11)12/h4,8H,3H2,1-2H3,(H,6,7,9,10). The Hall–Kier alpha value is -1.07. The Morgan fingerprint density at radius 3 is 2.44 bits per heavy atom. The van der Waals surface area contributed by atoms with Gasteiger partial charge in [0.1, 0.15) is 0 Å². The van der Waals surface area contributed by atoms with Gasteiger partial charge in [-0.25, -0.2) is 21.6 Å². The molecule has 0 aliphatic heterocycles. The minimum atomic E-state index is -3.92. The Kier molecular flexibility index (Phi) is 3.60. The molecule has 92 valence electrons. The fourth-order valence-corrected chi connectivity index (χ4v) is 4.16. The van der Waals surface area contributed by atoms with Crippen LogP contribution < -0.4 is 4.72 Å². The van der Waals surface area contributed by atoms with Crippen molar-refractivity contribution in [3.8, 4) is 0 Å². The lowest BCUT2D eigenvalue weighted by atomic mass is 10.4. The van der Waals surface area contributed by atoms with Crippen molar-refractivity contribution in [1.29, 1.82) is 0 Å². The Labute approximate surface area is 92.6 Å². The summed E-state index contributed by atoms with van der Waals surface area (Å²) in [5, 5.41) is 11.6. The summed E-state index contributed by atoms with van der Waals surface area (Å²) < 4.78 is 46.6. The van der Waals surface area contributed by atoms with Crippen molar-refractivity contribution in [2.24, 2.45) is 0 Å². The highest BCUT2D eigenvalue weighted by Gasteiger charge is 2.22. The molecule has 0 aromatic carbocycles. The molecular formula is C5H11N5O4S2. The number of hydrogen-bond donors (Lipinski definition) is 2. The van der Waals surface area contributed by atoms with Crippen molar-refractivity contribution in [3.05, 3.63) is 5.82 Å². The highest BCUT2D eigenvalue weighted by Crippen LogP contribution is 2.06. The summed E-state index contributed by atoms with van der Waals surface area (Å²) in [6.45, 7) is 1.48. The highest BCUT2D eigenvalue weighted by molar-refractivity contribution is 8.06. The van der Waals surface area contributed by atoms with E-state index in [2.05, 4.69) is 25.3 Å². The second kappa shape index (κ2) is 4.43. The van der Waals surface area contributed by atoms with Crippen molar-refractivity contribution in [2.45, 2.75) is 13.0 Å². The van der Waals surface area contributed by atoms with E-state index in [9.17, 15) is 16.8 Å². The number of sulfone groups is 1. The van der Waals surface area contributed by atoms with Crippen molar-refractivity contribution in [1.82, 2.24) is 25.3 Å². The van der Waals surface area contributed by atoms with Crippen LogP contribution in [0.1, 0.15) is 18.8 Å². The Morgan fingerprint density at radius 2 is 2.00 bits per heavy atom. The van der Waals surface area contributed by atoms with Crippen LogP contribution in [0, 0.1) is 0 Å². The number of rotatable bonds is 5. The Bertz CT molecular complexity index is 533. The van der Waals surface area contributed by atoms with Gasteiger partial charge in [0, 0.05) is 6.26 Å². The van der Waals surface area contributed by atoms with E-state index in [0.29, 0.717) is 0 Å². The smallest absolute Gasteiger partial charge is 0.226 e. The van der Waals surface area contributed by atoms with Gasteiger partial charge in [-0.2, -0.15) is 5.21 Å². The Balaban J connectivity index is 2.74. The average Bonchev–Trinajstić information content (AvgIpc) is 2.48. The second-order valence-electron chi connectivity index (χ2n) is 3.27. The van der Waals surface area contributed by atoms with E-state index in [1.54, 1.807) is 0 Å². The number of nitrogens with one attached hydrogen (secondary N) is 2. The minimum Gasteiger partial charge on any atom is -0.228 e. The fourth-order valence-electron chi connectivity index (χ4n) is 0.991. The SMILES string of the molecule is CC(NS(=O)(=O)CS(C)(=O)=O)c1nn[nH]n1. The third-order valence-electron chi connectivity index (χ3n) is 1.47. The number of tetrazole rings is 1. The number of aromatic nitrogens is 4. The van der Waals surface area contributed by atoms with Crippen LogP contribution in [0.25, 0.3) is 0 Å². The molecule has 0 radical (unpaired) electrons. The van der Waals surface area contributed by atoms with Crippen LogP contribution >= 0.6 is 0 Å². The van der Waals surface area contributed by atoms with E-state index in [1.807, 2.05) is 0 Å². The van der Waals surface area contributed by atoms with Crippen molar-refractivity contribution in [3.63, 3.8) is 0 Å². The highest BCUT2D eigenvalue weighted by atomic mass is 32.3. The molecule has 0 bridgehead atoms. The van der Waals surface area contributed by atoms with Crippen LogP contribution in [0.4, 0.5) is 0 Å². The van der Waals surface area contributed by atoms with Crippen LogP contribution in [-0.4, -0.2) is 48.8 Å². The lowest BCUT2D eigenvalue weighted by molar-refractivity contribution is 0.561. The summed E-state index contributed by atoms with van der Waals surface area (Å²) in [5.74, 6) is 0.136. The maximum absolute atomic E-state index is 11.4. The third-order valence-corrected chi connectivity index (χ3v) is 5.14. The van der Waals surface area contributed by atoms with Gasteiger partial charge in [0.2, 0.25) is 10.0 Å². The molecule has 1 aromatic rings. The van der Waals surface area contributed by atoms with Gasteiger partial charge in [-0.1, -0.05) is 5.21 Å². The maximum Gasteiger partial charge on any atom is 0.226 e. The van der Waals surface area contributed by atoms with Gasteiger partial charge < -0.3 is 0 Å². The van der Waals surface area contributed by atoms with Gasteiger partial charge in [-0.3, -0.25) is 0 Å². The van der Waals surface area contributed by atoms with Crippen LogP contribution in [0.5, 0.6) is 0 Å². The van der Waals surface area contributed by atoms with E-state index in [-0.39, 0.29) is 5.82 Å². The molecule has 1 rings (SSSR count). The first-order valence-corrected chi connectivity index (χ1v) is 7.82. The third kappa shape index (κ3) is 4.20. The van der Waals surface area contributed by atoms with E-state index < -0.39 is 31.0 Å². The molecule has 1 heterocycles. The van der Waals surface area contributed by atoms with Gasteiger partial charge in [0.05, 0.1) is 6.04 Å².